The van der Waals surface area contributed by atoms with Gasteiger partial charge < -0.3 is 9.47 Å². The van der Waals surface area contributed by atoms with Crippen LogP contribution in [-0.2, 0) is 4.79 Å². The molecule has 5 nitrogen and oxygen atoms in total. The summed E-state index contributed by atoms with van der Waals surface area (Å²) in [5.74, 6) is 0.810. The number of benzene rings is 2. The Kier molecular flexibility index (Phi) is 5.75. The number of nitrogens with zero attached hydrogens (tertiary/aromatic N) is 1. The summed E-state index contributed by atoms with van der Waals surface area (Å²) in [5, 5.41) is 3.97. The number of aryl methyl sites for hydroxylation is 1. The zero-order chi connectivity index (χ0) is 18.5. The summed E-state index contributed by atoms with van der Waals surface area (Å²) in [6, 6.07) is 14.6. The number of para-hydroxylation sites is 2. The van der Waals surface area contributed by atoms with Crippen molar-refractivity contribution in [2.24, 2.45) is 0 Å². The molecule has 134 valence electrons. The third-order valence-electron chi connectivity index (χ3n) is 3.59. The molecule has 0 saturated heterocycles. The SMILES string of the molecule is COc1ccccc1OCC(=O)Nc1nc(-c2ccc(Cl)cc2)c(C)s1. The van der Waals surface area contributed by atoms with E-state index in [-0.39, 0.29) is 12.5 Å². The molecule has 3 aromatic rings. The Balaban J connectivity index is 1.65. The maximum atomic E-state index is 12.2. The average Bonchev–Trinajstić information content (AvgIpc) is 3.01. The number of amides is 1. The van der Waals surface area contributed by atoms with Gasteiger partial charge in [-0.05, 0) is 31.2 Å². The molecule has 0 radical (unpaired) electrons. The van der Waals surface area contributed by atoms with Crippen molar-refractivity contribution in [3.63, 3.8) is 0 Å². The van der Waals surface area contributed by atoms with Crippen LogP contribution in [0.4, 0.5) is 5.13 Å². The van der Waals surface area contributed by atoms with Gasteiger partial charge in [0, 0.05) is 15.5 Å². The number of methoxy groups -OCH3 is 1. The van der Waals surface area contributed by atoms with Gasteiger partial charge in [-0.2, -0.15) is 0 Å². The monoisotopic (exact) mass is 388 g/mol. The van der Waals surface area contributed by atoms with E-state index in [0.717, 1.165) is 16.1 Å². The van der Waals surface area contributed by atoms with Crippen molar-refractivity contribution in [3.8, 4) is 22.8 Å². The van der Waals surface area contributed by atoms with Gasteiger partial charge in [-0.3, -0.25) is 10.1 Å². The van der Waals surface area contributed by atoms with Gasteiger partial charge in [0.25, 0.3) is 5.91 Å². The fourth-order valence-corrected chi connectivity index (χ4v) is 3.34. The molecular formula is C19H17ClN2O3S. The fourth-order valence-electron chi connectivity index (χ4n) is 2.36. The van der Waals surface area contributed by atoms with Crippen molar-refractivity contribution >= 4 is 34.0 Å². The molecule has 0 aliphatic rings. The summed E-state index contributed by atoms with van der Waals surface area (Å²) in [5.41, 5.74) is 1.78. The molecule has 0 fully saturated rings. The third-order valence-corrected chi connectivity index (χ3v) is 4.73. The van der Waals surface area contributed by atoms with Crippen LogP contribution >= 0.6 is 22.9 Å². The lowest BCUT2D eigenvalue weighted by molar-refractivity contribution is -0.118. The van der Waals surface area contributed by atoms with Gasteiger partial charge in [0.15, 0.2) is 23.2 Å². The third kappa shape index (κ3) is 4.33. The number of hydrogen-bond donors (Lipinski definition) is 1. The van der Waals surface area contributed by atoms with Gasteiger partial charge in [0.05, 0.1) is 12.8 Å². The van der Waals surface area contributed by atoms with E-state index in [1.807, 2.05) is 43.3 Å². The molecule has 0 unspecified atom stereocenters. The molecule has 7 heteroatoms. The maximum Gasteiger partial charge on any atom is 0.264 e. The number of carbonyl (C=O) groups is 1. The Morgan fingerprint density at radius 1 is 1.15 bits per heavy atom. The van der Waals surface area contributed by atoms with Gasteiger partial charge in [0.1, 0.15) is 0 Å². The van der Waals surface area contributed by atoms with Crippen molar-refractivity contribution in [1.29, 1.82) is 0 Å². The van der Waals surface area contributed by atoms with E-state index in [2.05, 4.69) is 10.3 Å². The van der Waals surface area contributed by atoms with Crippen LogP contribution in [0.3, 0.4) is 0 Å². The standard InChI is InChI=1S/C19H17ClN2O3S/c1-12-18(13-7-9-14(20)10-8-13)22-19(26-12)21-17(23)11-25-16-6-4-3-5-15(16)24-2/h3-10H,11H2,1-2H3,(H,21,22,23). The number of nitrogens with one attached hydrogen (secondary N) is 1. The lowest BCUT2D eigenvalue weighted by atomic mass is 10.1. The first-order chi connectivity index (χ1) is 12.6. The summed E-state index contributed by atoms with van der Waals surface area (Å²) in [6.45, 7) is 1.83. The van der Waals surface area contributed by atoms with Crippen molar-refractivity contribution < 1.29 is 14.3 Å². The summed E-state index contributed by atoms with van der Waals surface area (Å²) < 4.78 is 10.7. The lowest BCUT2D eigenvalue weighted by Crippen LogP contribution is -2.20. The van der Waals surface area contributed by atoms with Crippen molar-refractivity contribution in [1.82, 2.24) is 4.98 Å². The lowest BCUT2D eigenvalue weighted by Gasteiger charge is -2.09. The average molecular weight is 389 g/mol. The van der Waals surface area contributed by atoms with Crippen LogP contribution in [0.15, 0.2) is 48.5 Å². The van der Waals surface area contributed by atoms with Gasteiger partial charge in [-0.1, -0.05) is 35.9 Å². The summed E-state index contributed by atoms with van der Waals surface area (Å²) in [7, 11) is 1.55. The van der Waals surface area contributed by atoms with Gasteiger partial charge in [0.2, 0.25) is 0 Å². The normalized spacial score (nSPS) is 10.4. The zero-order valence-electron chi connectivity index (χ0n) is 14.3. The Morgan fingerprint density at radius 2 is 1.85 bits per heavy atom. The van der Waals surface area contributed by atoms with E-state index >= 15 is 0 Å². The van der Waals surface area contributed by atoms with E-state index < -0.39 is 0 Å². The number of aromatic nitrogens is 1. The summed E-state index contributed by atoms with van der Waals surface area (Å²) >= 11 is 7.34. The largest absolute Gasteiger partial charge is 0.493 e. The molecule has 3 rings (SSSR count). The molecule has 0 saturated carbocycles. The number of rotatable bonds is 6. The Labute approximate surface area is 160 Å². The number of hydrogen-bond acceptors (Lipinski definition) is 5. The Morgan fingerprint density at radius 3 is 2.54 bits per heavy atom. The Bertz CT molecular complexity index is 909. The summed E-state index contributed by atoms with van der Waals surface area (Å²) in [4.78, 5) is 17.7. The molecule has 0 bridgehead atoms. The minimum absolute atomic E-state index is 0.130. The number of thiazole rings is 1. The molecule has 0 aliphatic heterocycles. The maximum absolute atomic E-state index is 12.2. The molecule has 1 heterocycles. The predicted molar refractivity (Wildman–Crippen MR) is 104 cm³/mol. The van der Waals surface area contributed by atoms with Crippen molar-refractivity contribution in [3.05, 3.63) is 58.4 Å². The number of ether oxygens (including phenoxy) is 2. The van der Waals surface area contributed by atoms with E-state index in [1.54, 1.807) is 19.2 Å². The van der Waals surface area contributed by atoms with Crippen molar-refractivity contribution in [2.45, 2.75) is 6.92 Å². The second-order valence-electron chi connectivity index (χ2n) is 5.42. The molecule has 2 aromatic carbocycles. The molecule has 1 amide bonds. The molecule has 0 spiro atoms. The first-order valence-corrected chi connectivity index (χ1v) is 9.05. The predicted octanol–water partition coefficient (Wildman–Crippen LogP) is 4.80. The first-order valence-electron chi connectivity index (χ1n) is 7.86. The number of carbonyl (C=O) groups excluding carboxylic acids is 1. The minimum Gasteiger partial charge on any atom is -0.493 e. The van der Waals surface area contributed by atoms with Gasteiger partial charge >= 0.3 is 0 Å². The number of anilines is 1. The highest BCUT2D eigenvalue weighted by molar-refractivity contribution is 7.16. The molecular weight excluding hydrogens is 372 g/mol. The van der Waals surface area contributed by atoms with Crippen LogP contribution in [0.25, 0.3) is 11.3 Å². The van der Waals surface area contributed by atoms with Crippen LogP contribution in [0.1, 0.15) is 4.88 Å². The molecule has 0 atom stereocenters. The van der Waals surface area contributed by atoms with Crippen LogP contribution in [0.2, 0.25) is 5.02 Å². The molecule has 1 aromatic heterocycles. The second-order valence-corrected chi connectivity index (χ2v) is 7.06. The fraction of sp³-hybridized carbons (Fsp3) is 0.158. The quantitative estimate of drug-likeness (QED) is 0.659. The highest BCUT2D eigenvalue weighted by atomic mass is 35.5. The van der Waals surface area contributed by atoms with E-state index in [9.17, 15) is 4.79 Å². The first kappa shape index (κ1) is 18.2. The van der Waals surface area contributed by atoms with E-state index in [4.69, 9.17) is 21.1 Å². The smallest absolute Gasteiger partial charge is 0.264 e. The van der Waals surface area contributed by atoms with Crippen LogP contribution in [0, 0.1) is 6.92 Å². The van der Waals surface area contributed by atoms with Crippen LogP contribution < -0.4 is 14.8 Å². The molecule has 0 aliphatic carbocycles. The van der Waals surface area contributed by atoms with Crippen LogP contribution in [0.5, 0.6) is 11.5 Å². The molecule has 26 heavy (non-hydrogen) atoms. The highest BCUT2D eigenvalue weighted by Crippen LogP contribution is 2.31. The zero-order valence-corrected chi connectivity index (χ0v) is 15.9. The summed E-state index contributed by atoms with van der Waals surface area (Å²) in [6.07, 6.45) is 0. The van der Waals surface area contributed by atoms with Gasteiger partial charge in [-0.25, -0.2) is 4.98 Å². The second kappa shape index (κ2) is 8.21. The highest BCUT2D eigenvalue weighted by Gasteiger charge is 2.13. The number of halogens is 1. The van der Waals surface area contributed by atoms with Crippen LogP contribution in [-0.4, -0.2) is 24.6 Å². The minimum atomic E-state index is -0.285. The van der Waals surface area contributed by atoms with Gasteiger partial charge in [-0.15, -0.1) is 11.3 Å². The molecule has 1 N–H and O–H groups in total. The van der Waals surface area contributed by atoms with Crippen molar-refractivity contribution in [2.75, 3.05) is 19.0 Å². The topological polar surface area (TPSA) is 60.5 Å². The Hall–Kier alpha value is -2.57. The van der Waals surface area contributed by atoms with E-state index in [1.165, 1.54) is 11.3 Å². The van der Waals surface area contributed by atoms with E-state index in [0.29, 0.717) is 21.7 Å².